The van der Waals surface area contributed by atoms with Gasteiger partial charge in [0, 0.05) is 11.8 Å². The Balaban J connectivity index is 2.23. The number of hydrogen-bond donors (Lipinski definition) is 0. The Labute approximate surface area is 156 Å². The molecule has 0 aliphatic heterocycles. The molecule has 3 aliphatic rings. The van der Waals surface area contributed by atoms with E-state index in [2.05, 4.69) is 47.6 Å². The fourth-order valence-electron chi connectivity index (χ4n) is 4.88. The van der Waals surface area contributed by atoms with Gasteiger partial charge in [0.05, 0.1) is 12.5 Å². The lowest BCUT2D eigenvalue weighted by Crippen LogP contribution is -2.59. The summed E-state index contributed by atoms with van der Waals surface area (Å²) in [6.07, 6.45) is 2.87. The SMILES string of the molecule is COc1ccc([C@H]2CC3C(=O)C(=O)[C@]2(C(C)(C)C)C=C3C(C)(C)C)cc1. The van der Waals surface area contributed by atoms with Gasteiger partial charge < -0.3 is 4.74 Å². The van der Waals surface area contributed by atoms with E-state index in [-0.39, 0.29) is 34.2 Å². The lowest BCUT2D eigenvalue weighted by Gasteiger charge is -2.56. The van der Waals surface area contributed by atoms with E-state index in [1.807, 2.05) is 24.3 Å². The molecular formula is C23H30O3. The van der Waals surface area contributed by atoms with Crippen LogP contribution in [0.2, 0.25) is 0 Å². The topological polar surface area (TPSA) is 43.4 Å². The summed E-state index contributed by atoms with van der Waals surface area (Å²) in [4.78, 5) is 26.3. The predicted octanol–water partition coefficient (Wildman–Crippen LogP) is 4.96. The van der Waals surface area contributed by atoms with Crippen molar-refractivity contribution in [2.75, 3.05) is 7.11 Å². The highest BCUT2D eigenvalue weighted by atomic mass is 16.5. The molecule has 4 rings (SSSR count). The maximum absolute atomic E-state index is 13.3. The number of rotatable bonds is 2. The van der Waals surface area contributed by atoms with Crippen molar-refractivity contribution >= 4 is 11.6 Å². The second kappa shape index (κ2) is 5.80. The van der Waals surface area contributed by atoms with Crippen LogP contribution in [0.5, 0.6) is 5.75 Å². The van der Waals surface area contributed by atoms with Gasteiger partial charge in [0.2, 0.25) is 11.6 Å². The second-order valence-electron chi connectivity index (χ2n) is 9.78. The van der Waals surface area contributed by atoms with Crippen LogP contribution in [0.1, 0.15) is 59.4 Å². The molecule has 0 radical (unpaired) electrons. The van der Waals surface area contributed by atoms with Crippen LogP contribution >= 0.6 is 0 Å². The van der Waals surface area contributed by atoms with Crippen LogP contribution in [0.15, 0.2) is 35.9 Å². The molecule has 0 heterocycles. The van der Waals surface area contributed by atoms with E-state index in [1.165, 1.54) is 0 Å². The lowest BCUT2D eigenvalue weighted by atomic mass is 9.44. The zero-order chi connectivity index (χ0) is 19.5. The van der Waals surface area contributed by atoms with Gasteiger partial charge in [0.1, 0.15) is 5.75 Å². The number of ketones is 2. The number of methoxy groups -OCH3 is 1. The van der Waals surface area contributed by atoms with Crippen LogP contribution < -0.4 is 4.74 Å². The second-order valence-corrected chi connectivity index (χ2v) is 9.78. The van der Waals surface area contributed by atoms with E-state index in [1.54, 1.807) is 7.11 Å². The number of carbonyl (C=O) groups excluding carboxylic acids is 2. The van der Waals surface area contributed by atoms with Crippen LogP contribution in [-0.4, -0.2) is 18.7 Å². The van der Waals surface area contributed by atoms with Crippen LogP contribution in [0, 0.1) is 22.2 Å². The summed E-state index contributed by atoms with van der Waals surface area (Å²) in [5, 5.41) is 0. The molecule has 1 fully saturated rings. The monoisotopic (exact) mass is 354 g/mol. The first-order chi connectivity index (χ1) is 11.9. The molecule has 26 heavy (non-hydrogen) atoms. The number of Topliss-reactive ketones (excluding diaryl/α,β-unsaturated/α-hetero) is 2. The first kappa shape index (κ1) is 18.9. The Bertz CT molecular complexity index is 771. The van der Waals surface area contributed by atoms with Gasteiger partial charge >= 0.3 is 0 Å². The average Bonchev–Trinajstić information content (AvgIpc) is 2.56. The summed E-state index contributed by atoms with van der Waals surface area (Å²) in [7, 11) is 1.65. The summed E-state index contributed by atoms with van der Waals surface area (Å²) < 4.78 is 5.28. The van der Waals surface area contributed by atoms with Gasteiger partial charge in [0.15, 0.2) is 0 Å². The maximum Gasteiger partial charge on any atom is 0.210 e. The molecule has 0 spiro atoms. The fraction of sp³-hybridized carbons (Fsp3) is 0.565. The number of ether oxygens (including phenoxy) is 1. The molecule has 2 bridgehead atoms. The zero-order valence-corrected chi connectivity index (χ0v) is 17.0. The van der Waals surface area contributed by atoms with Gasteiger partial charge in [-0.3, -0.25) is 9.59 Å². The van der Waals surface area contributed by atoms with Gasteiger partial charge in [-0.1, -0.05) is 65.3 Å². The Kier molecular flexibility index (Phi) is 4.21. The molecule has 1 aromatic carbocycles. The molecule has 1 saturated carbocycles. The van der Waals surface area contributed by atoms with Gasteiger partial charge in [-0.15, -0.1) is 0 Å². The summed E-state index contributed by atoms with van der Waals surface area (Å²) in [6, 6.07) is 7.96. The van der Waals surface area contributed by atoms with Crippen LogP contribution in [0.3, 0.4) is 0 Å². The van der Waals surface area contributed by atoms with Crippen molar-refractivity contribution in [1.82, 2.24) is 0 Å². The third kappa shape index (κ3) is 2.55. The van der Waals surface area contributed by atoms with Gasteiger partial charge in [-0.05, 0) is 34.9 Å². The minimum atomic E-state index is -0.796. The first-order valence-electron chi connectivity index (χ1n) is 9.39. The summed E-state index contributed by atoms with van der Waals surface area (Å²) in [6.45, 7) is 12.6. The summed E-state index contributed by atoms with van der Waals surface area (Å²) in [5.74, 6) is 0.105. The van der Waals surface area contributed by atoms with Gasteiger partial charge in [-0.2, -0.15) is 0 Å². The lowest BCUT2D eigenvalue weighted by molar-refractivity contribution is -0.153. The van der Waals surface area contributed by atoms with E-state index < -0.39 is 5.41 Å². The standard InChI is InChI=1S/C23H30O3/c1-21(2,3)18-13-23(22(4,5)6)17(12-16(18)19(24)20(23)25)14-8-10-15(26-7)11-9-14/h8-11,13,16-17H,12H2,1-7H3/t16?,17-,23+/m1/s1. The quantitative estimate of drug-likeness (QED) is 0.557. The van der Waals surface area contributed by atoms with Crippen LogP contribution in [-0.2, 0) is 9.59 Å². The van der Waals surface area contributed by atoms with Crippen molar-refractivity contribution in [3.8, 4) is 5.75 Å². The normalized spacial score (nSPS) is 29.0. The number of benzene rings is 1. The molecule has 1 aromatic rings. The number of fused-ring (bicyclic) bond motifs is 2. The first-order valence-corrected chi connectivity index (χ1v) is 9.39. The van der Waals surface area contributed by atoms with Crippen molar-refractivity contribution in [1.29, 1.82) is 0 Å². The highest BCUT2D eigenvalue weighted by Crippen LogP contribution is 2.63. The fourth-order valence-corrected chi connectivity index (χ4v) is 4.88. The van der Waals surface area contributed by atoms with Crippen molar-refractivity contribution in [3.05, 3.63) is 41.5 Å². The Morgan fingerprint density at radius 2 is 1.58 bits per heavy atom. The van der Waals surface area contributed by atoms with Crippen molar-refractivity contribution in [2.45, 2.75) is 53.9 Å². The molecule has 3 heteroatoms. The largest absolute Gasteiger partial charge is 0.497 e. The van der Waals surface area contributed by atoms with Gasteiger partial charge in [0.25, 0.3) is 0 Å². The van der Waals surface area contributed by atoms with Crippen LogP contribution in [0.25, 0.3) is 0 Å². The molecule has 1 unspecified atom stereocenters. The smallest absolute Gasteiger partial charge is 0.210 e. The highest BCUT2D eigenvalue weighted by molar-refractivity contribution is 6.43. The zero-order valence-electron chi connectivity index (χ0n) is 17.0. The molecule has 140 valence electrons. The van der Waals surface area contributed by atoms with Crippen molar-refractivity contribution in [3.63, 3.8) is 0 Å². The Morgan fingerprint density at radius 3 is 2.04 bits per heavy atom. The van der Waals surface area contributed by atoms with Crippen LogP contribution in [0.4, 0.5) is 0 Å². The molecule has 3 atom stereocenters. The number of carbonyl (C=O) groups is 2. The van der Waals surface area contributed by atoms with Gasteiger partial charge in [-0.25, -0.2) is 0 Å². The molecule has 3 nitrogen and oxygen atoms in total. The number of allylic oxidation sites excluding steroid dienone is 2. The van der Waals surface area contributed by atoms with Crippen molar-refractivity contribution < 1.29 is 14.3 Å². The predicted molar refractivity (Wildman–Crippen MR) is 103 cm³/mol. The minimum Gasteiger partial charge on any atom is -0.497 e. The maximum atomic E-state index is 13.3. The van der Waals surface area contributed by atoms with Crippen molar-refractivity contribution in [2.24, 2.45) is 22.2 Å². The molecule has 0 amide bonds. The molecule has 0 saturated heterocycles. The Hall–Kier alpha value is -1.90. The average molecular weight is 354 g/mol. The van der Waals surface area contributed by atoms with E-state index in [9.17, 15) is 9.59 Å². The molecule has 3 aliphatic carbocycles. The van der Waals surface area contributed by atoms with E-state index in [0.717, 1.165) is 16.9 Å². The third-order valence-electron chi connectivity index (χ3n) is 6.32. The van der Waals surface area contributed by atoms with E-state index in [4.69, 9.17) is 4.74 Å². The molecular weight excluding hydrogens is 324 g/mol. The third-order valence-corrected chi connectivity index (χ3v) is 6.32. The summed E-state index contributed by atoms with van der Waals surface area (Å²) >= 11 is 0. The number of hydrogen-bond acceptors (Lipinski definition) is 3. The summed E-state index contributed by atoms with van der Waals surface area (Å²) in [5.41, 5.74) is 0.961. The Morgan fingerprint density at radius 1 is 1.00 bits per heavy atom. The molecule has 0 N–H and O–H groups in total. The highest BCUT2D eigenvalue weighted by Gasteiger charge is 2.63. The van der Waals surface area contributed by atoms with E-state index >= 15 is 0 Å². The van der Waals surface area contributed by atoms with E-state index in [0.29, 0.717) is 6.42 Å². The minimum absolute atomic E-state index is 0.00899. The molecule has 0 aromatic heterocycles.